The summed E-state index contributed by atoms with van der Waals surface area (Å²) in [6, 6.07) is 6.16. The van der Waals surface area contributed by atoms with Crippen molar-refractivity contribution in [3.8, 4) is 0 Å². The van der Waals surface area contributed by atoms with Gasteiger partial charge in [0, 0.05) is 23.3 Å². The van der Waals surface area contributed by atoms with Gasteiger partial charge < -0.3 is 15.5 Å². The van der Waals surface area contributed by atoms with Gasteiger partial charge in [-0.25, -0.2) is 4.39 Å². The van der Waals surface area contributed by atoms with Crippen LogP contribution in [-0.2, 0) is 0 Å². The Labute approximate surface area is 104 Å². The molecular weight excluding hydrogens is 235 g/mol. The van der Waals surface area contributed by atoms with Crippen molar-refractivity contribution < 1.29 is 14.6 Å². The van der Waals surface area contributed by atoms with E-state index in [0.717, 1.165) is 5.69 Å². The van der Waals surface area contributed by atoms with E-state index in [-0.39, 0.29) is 19.0 Å². The molecule has 0 saturated heterocycles. The average molecular weight is 250 g/mol. The SMILES string of the molecule is Cc1cc(NCC(O)CO)c2cc(F)ccc2n1. The minimum atomic E-state index is -0.845. The van der Waals surface area contributed by atoms with Crippen LogP contribution >= 0.6 is 0 Å². The molecule has 2 aromatic rings. The highest BCUT2D eigenvalue weighted by atomic mass is 19.1. The van der Waals surface area contributed by atoms with Gasteiger partial charge in [-0.15, -0.1) is 0 Å². The Hall–Kier alpha value is -1.72. The fraction of sp³-hybridized carbons (Fsp3) is 0.308. The molecule has 18 heavy (non-hydrogen) atoms. The molecule has 0 bridgehead atoms. The van der Waals surface area contributed by atoms with Crippen LogP contribution in [0.5, 0.6) is 0 Å². The molecule has 0 aliphatic heterocycles. The van der Waals surface area contributed by atoms with Crippen LogP contribution in [0.4, 0.5) is 10.1 Å². The van der Waals surface area contributed by atoms with E-state index >= 15 is 0 Å². The summed E-state index contributed by atoms with van der Waals surface area (Å²) in [5, 5.41) is 21.7. The quantitative estimate of drug-likeness (QED) is 0.768. The number of pyridine rings is 1. The zero-order chi connectivity index (χ0) is 13.1. The molecule has 1 aromatic heterocycles. The molecule has 0 saturated carbocycles. The van der Waals surface area contributed by atoms with Crippen LogP contribution in [0.15, 0.2) is 24.3 Å². The second kappa shape index (κ2) is 5.29. The molecule has 96 valence electrons. The van der Waals surface area contributed by atoms with E-state index in [1.807, 2.05) is 6.92 Å². The van der Waals surface area contributed by atoms with Gasteiger partial charge in [-0.2, -0.15) is 0 Å². The highest BCUT2D eigenvalue weighted by Crippen LogP contribution is 2.23. The van der Waals surface area contributed by atoms with E-state index in [1.54, 1.807) is 12.1 Å². The Balaban J connectivity index is 2.38. The predicted molar refractivity (Wildman–Crippen MR) is 68.0 cm³/mol. The van der Waals surface area contributed by atoms with Gasteiger partial charge in [0.15, 0.2) is 0 Å². The van der Waals surface area contributed by atoms with Crippen molar-refractivity contribution in [2.45, 2.75) is 13.0 Å². The first kappa shape index (κ1) is 12.7. The van der Waals surface area contributed by atoms with E-state index in [1.165, 1.54) is 12.1 Å². The number of anilines is 1. The van der Waals surface area contributed by atoms with E-state index in [0.29, 0.717) is 16.6 Å². The third-order valence-corrected chi connectivity index (χ3v) is 2.64. The molecule has 0 aliphatic carbocycles. The van der Waals surface area contributed by atoms with Crippen LogP contribution in [-0.4, -0.2) is 34.5 Å². The number of halogens is 1. The first-order valence-electron chi connectivity index (χ1n) is 5.70. The Morgan fingerprint density at radius 2 is 2.17 bits per heavy atom. The number of fused-ring (bicyclic) bond motifs is 1. The minimum Gasteiger partial charge on any atom is -0.394 e. The number of aryl methyl sites for hydroxylation is 1. The summed E-state index contributed by atoms with van der Waals surface area (Å²) in [6.45, 7) is 1.73. The summed E-state index contributed by atoms with van der Waals surface area (Å²) < 4.78 is 13.2. The summed E-state index contributed by atoms with van der Waals surface area (Å²) in [5.74, 6) is -0.334. The molecule has 0 radical (unpaired) electrons. The van der Waals surface area contributed by atoms with Crippen LogP contribution in [0.2, 0.25) is 0 Å². The minimum absolute atomic E-state index is 0.200. The van der Waals surface area contributed by atoms with Crippen molar-refractivity contribution in [2.24, 2.45) is 0 Å². The fourth-order valence-corrected chi connectivity index (χ4v) is 1.77. The maximum absolute atomic E-state index is 13.2. The molecule has 4 nitrogen and oxygen atoms in total. The molecular formula is C13H15FN2O2. The molecule has 0 spiro atoms. The van der Waals surface area contributed by atoms with E-state index in [9.17, 15) is 9.50 Å². The smallest absolute Gasteiger partial charge is 0.124 e. The van der Waals surface area contributed by atoms with Gasteiger partial charge in [0.1, 0.15) is 5.82 Å². The first-order chi connectivity index (χ1) is 8.60. The van der Waals surface area contributed by atoms with E-state index < -0.39 is 6.10 Å². The normalized spacial score (nSPS) is 12.7. The van der Waals surface area contributed by atoms with Gasteiger partial charge in [0.2, 0.25) is 0 Å². The number of aliphatic hydroxyl groups excluding tert-OH is 2. The van der Waals surface area contributed by atoms with E-state index in [2.05, 4.69) is 10.3 Å². The second-order valence-corrected chi connectivity index (χ2v) is 4.19. The van der Waals surface area contributed by atoms with Crippen molar-refractivity contribution in [1.82, 2.24) is 4.98 Å². The van der Waals surface area contributed by atoms with Crippen molar-refractivity contribution in [1.29, 1.82) is 0 Å². The van der Waals surface area contributed by atoms with Gasteiger partial charge in [-0.3, -0.25) is 4.98 Å². The Morgan fingerprint density at radius 1 is 1.39 bits per heavy atom. The number of benzene rings is 1. The lowest BCUT2D eigenvalue weighted by molar-refractivity contribution is 0.105. The van der Waals surface area contributed by atoms with Crippen molar-refractivity contribution in [3.63, 3.8) is 0 Å². The van der Waals surface area contributed by atoms with Gasteiger partial charge in [-0.05, 0) is 31.2 Å². The van der Waals surface area contributed by atoms with Crippen molar-refractivity contribution >= 4 is 16.6 Å². The van der Waals surface area contributed by atoms with Crippen molar-refractivity contribution in [3.05, 3.63) is 35.8 Å². The van der Waals surface area contributed by atoms with Crippen LogP contribution in [0.1, 0.15) is 5.69 Å². The summed E-state index contributed by atoms with van der Waals surface area (Å²) in [6.07, 6.45) is -0.845. The fourth-order valence-electron chi connectivity index (χ4n) is 1.77. The molecule has 3 N–H and O–H groups in total. The van der Waals surface area contributed by atoms with Crippen LogP contribution < -0.4 is 5.32 Å². The predicted octanol–water partition coefficient (Wildman–Crippen LogP) is 1.45. The highest BCUT2D eigenvalue weighted by molar-refractivity contribution is 5.91. The Kier molecular flexibility index (Phi) is 3.74. The monoisotopic (exact) mass is 250 g/mol. The lowest BCUT2D eigenvalue weighted by Gasteiger charge is -2.13. The molecule has 0 aliphatic rings. The molecule has 2 rings (SSSR count). The van der Waals surface area contributed by atoms with Crippen LogP contribution in [0, 0.1) is 12.7 Å². The Bertz CT molecular complexity index is 560. The molecule has 5 heteroatoms. The third-order valence-electron chi connectivity index (χ3n) is 2.64. The number of hydrogen-bond acceptors (Lipinski definition) is 4. The number of nitrogens with one attached hydrogen (secondary N) is 1. The lowest BCUT2D eigenvalue weighted by atomic mass is 10.1. The number of hydrogen-bond donors (Lipinski definition) is 3. The Morgan fingerprint density at radius 3 is 2.89 bits per heavy atom. The largest absolute Gasteiger partial charge is 0.394 e. The van der Waals surface area contributed by atoms with Gasteiger partial charge in [0.25, 0.3) is 0 Å². The molecule has 1 unspecified atom stereocenters. The number of nitrogens with zero attached hydrogens (tertiary/aromatic N) is 1. The lowest BCUT2D eigenvalue weighted by Crippen LogP contribution is -2.23. The highest BCUT2D eigenvalue weighted by Gasteiger charge is 2.07. The zero-order valence-electron chi connectivity index (χ0n) is 10.0. The molecule has 1 aromatic carbocycles. The molecule has 0 fully saturated rings. The first-order valence-corrected chi connectivity index (χ1v) is 5.70. The van der Waals surface area contributed by atoms with Gasteiger partial charge >= 0.3 is 0 Å². The maximum Gasteiger partial charge on any atom is 0.124 e. The molecule has 1 atom stereocenters. The average Bonchev–Trinajstić information content (AvgIpc) is 2.36. The number of aliphatic hydroxyl groups is 2. The van der Waals surface area contributed by atoms with Crippen LogP contribution in [0.25, 0.3) is 10.9 Å². The summed E-state index contributed by atoms with van der Waals surface area (Å²) >= 11 is 0. The standard InChI is InChI=1S/C13H15FN2O2/c1-8-4-13(15-6-10(18)7-17)11-5-9(14)2-3-12(11)16-8/h2-5,10,17-18H,6-7H2,1H3,(H,15,16). The number of aromatic nitrogens is 1. The molecule has 1 heterocycles. The summed E-state index contributed by atoms with van der Waals surface area (Å²) in [5.41, 5.74) is 2.19. The number of rotatable bonds is 4. The topological polar surface area (TPSA) is 65.4 Å². The molecule has 0 amide bonds. The van der Waals surface area contributed by atoms with Gasteiger partial charge in [0.05, 0.1) is 18.2 Å². The zero-order valence-corrected chi connectivity index (χ0v) is 10.0. The summed E-state index contributed by atoms with van der Waals surface area (Å²) in [4.78, 5) is 4.31. The van der Waals surface area contributed by atoms with Gasteiger partial charge in [-0.1, -0.05) is 0 Å². The maximum atomic E-state index is 13.2. The summed E-state index contributed by atoms with van der Waals surface area (Å²) in [7, 11) is 0. The van der Waals surface area contributed by atoms with Crippen LogP contribution in [0.3, 0.4) is 0 Å². The van der Waals surface area contributed by atoms with E-state index in [4.69, 9.17) is 5.11 Å². The second-order valence-electron chi connectivity index (χ2n) is 4.19. The third kappa shape index (κ3) is 2.75. The van der Waals surface area contributed by atoms with Crippen molar-refractivity contribution in [2.75, 3.05) is 18.5 Å².